The molecule has 3 aliphatic carbocycles. The molecule has 3 N–H and O–H groups in total. The molecular weight excluding hydrogens is 619 g/mol. The van der Waals surface area contributed by atoms with Crippen LogP contribution in [0.4, 0.5) is 0 Å². The van der Waals surface area contributed by atoms with Gasteiger partial charge in [-0.1, -0.05) is 55.2 Å². The van der Waals surface area contributed by atoms with Gasteiger partial charge in [0.15, 0.2) is 11.4 Å². The van der Waals surface area contributed by atoms with Gasteiger partial charge in [0.2, 0.25) is 4.84 Å². The van der Waals surface area contributed by atoms with Crippen LogP contribution in [-0.2, 0) is 33.3 Å². The third-order valence-corrected chi connectivity index (χ3v) is 10.7. The number of ether oxygens (including phenoxy) is 4. The van der Waals surface area contributed by atoms with Gasteiger partial charge in [-0.25, -0.2) is 9.59 Å². The number of rotatable bonds is 5. The topological polar surface area (TPSA) is 166 Å². The Bertz CT molecular complexity index is 1410. The Hall–Kier alpha value is -2.54. The van der Waals surface area contributed by atoms with E-state index in [1.165, 1.54) is 19.1 Å². The first kappa shape index (κ1) is 32.8. The maximum absolute atomic E-state index is 14.7. The third kappa shape index (κ3) is 4.62. The van der Waals surface area contributed by atoms with Crippen LogP contribution in [0.5, 0.6) is 0 Å². The second-order valence-electron chi connectivity index (χ2n) is 12.9. The van der Waals surface area contributed by atoms with Gasteiger partial charge in [0.05, 0.1) is 29.6 Å². The van der Waals surface area contributed by atoms with Crippen molar-refractivity contribution in [2.75, 3.05) is 6.61 Å². The molecule has 5 rings (SSSR count). The van der Waals surface area contributed by atoms with Crippen LogP contribution >= 0.6 is 23.2 Å². The molecule has 240 valence electrons. The van der Waals surface area contributed by atoms with Crippen LogP contribution < -0.4 is 0 Å². The quantitative estimate of drug-likeness (QED) is 0.185. The smallest absolute Gasteiger partial charge is 0.339 e. The number of esters is 3. The van der Waals surface area contributed by atoms with E-state index in [9.17, 15) is 34.5 Å². The molecule has 11 nitrogen and oxygen atoms in total. The van der Waals surface area contributed by atoms with Crippen molar-refractivity contribution in [1.29, 1.82) is 0 Å². The average Bonchev–Trinajstić information content (AvgIpc) is 2.94. The minimum Gasteiger partial charge on any atom is -0.459 e. The molecule has 13 heteroatoms. The molecule has 0 spiro atoms. The number of Topliss-reactive ketones (excluding diaryl/α,β-unsaturated/α-hetero) is 1. The highest BCUT2D eigenvalue weighted by Crippen LogP contribution is 2.64. The SMILES string of the molecule is CC(=O)O[C@@]12CO[C@@H]1C[C@H](OC(=O)C(Cl)Cl)[C@@]1(C)C(=O)[C@H](O)C3=C(C)[C@@H](O)C[C@@](O)([C@@H](OC(=O)c4ccccc4)[C@H]21)C3(C)C. The number of hydrogen-bond donors (Lipinski definition) is 3. The van der Waals surface area contributed by atoms with E-state index < -0.39 is 87.0 Å². The average molecular weight is 656 g/mol. The maximum Gasteiger partial charge on any atom is 0.339 e. The van der Waals surface area contributed by atoms with Gasteiger partial charge in [0, 0.05) is 25.2 Å². The zero-order valence-electron chi connectivity index (χ0n) is 24.9. The lowest BCUT2D eigenvalue weighted by Crippen LogP contribution is -2.82. The molecule has 9 atom stereocenters. The Morgan fingerprint density at radius 1 is 1.07 bits per heavy atom. The number of aliphatic hydroxyl groups is 3. The molecule has 1 aromatic carbocycles. The van der Waals surface area contributed by atoms with Crippen molar-refractivity contribution in [2.24, 2.45) is 16.7 Å². The minimum absolute atomic E-state index is 0.0374. The zero-order chi connectivity index (χ0) is 32.6. The summed E-state index contributed by atoms with van der Waals surface area (Å²) in [4.78, 5) is 52.3. The zero-order valence-corrected chi connectivity index (χ0v) is 26.4. The van der Waals surface area contributed by atoms with E-state index in [1.54, 1.807) is 39.0 Å². The Kier molecular flexibility index (Phi) is 8.26. The van der Waals surface area contributed by atoms with Gasteiger partial charge in [0.25, 0.3) is 0 Å². The Labute approximate surface area is 264 Å². The maximum atomic E-state index is 14.7. The fourth-order valence-corrected chi connectivity index (χ4v) is 8.11. The van der Waals surface area contributed by atoms with Crippen molar-refractivity contribution in [3.05, 3.63) is 47.0 Å². The van der Waals surface area contributed by atoms with E-state index in [-0.39, 0.29) is 36.2 Å². The third-order valence-electron chi connectivity index (χ3n) is 10.3. The molecule has 1 aromatic rings. The highest BCUT2D eigenvalue weighted by molar-refractivity contribution is 6.52. The Morgan fingerprint density at radius 3 is 2.25 bits per heavy atom. The normalized spacial score (nSPS) is 39.2. The van der Waals surface area contributed by atoms with Gasteiger partial charge >= 0.3 is 17.9 Å². The fourth-order valence-electron chi connectivity index (χ4n) is 8.00. The molecule has 1 saturated heterocycles. The number of fused-ring (bicyclic) bond motifs is 5. The van der Waals surface area contributed by atoms with Crippen LogP contribution in [0.3, 0.4) is 0 Å². The Balaban J connectivity index is 1.83. The number of aliphatic hydroxyl groups excluding tert-OH is 2. The summed E-state index contributed by atoms with van der Waals surface area (Å²) < 4.78 is 23.7. The van der Waals surface area contributed by atoms with Crippen LogP contribution in [0.25, 0.3) is 0 Å². The largest absolute Gasteiger partial charge is 0.459 e. The Morgan fingerprint density at radius 2 is 1.70 bits per heavy atom. The second-order valence-corrected chi connectivity index (χ2v) is 14.0. The lowest BCUT2D eigenvalue weighted by atomic mass is 9.44. The molecule has 2 saturated carbocycles. The lowest BCUT2D eigenvalue weighted by molar-refractivity contribution is -0.346. The number of alkyl halides is 2. The molecule has 0 radical (unpaired) electrons. The molecule has 4 aliphatic rings. The van der Waals surface area contributed by atoms with E-state index in [0.717, 1.165) is 6.92 Å². The van der Waals surface area contributed by atoms with Crippen molar-refractivity contribution in [2.45, 2.75) is 94.0 Å². The molecule has 1 aliphatic heterocycles. The van der Waals surface area contributed by atoms with Crippen molar-refractivity contribution < 1.29 is 53.4 Å². The molecule has 44 heavy (non-hydrogen) atoms. The summed E-state index contributed by atoms with van der Waals surface area (Å²) in [6, 6.07) is 7.94. The van der Waals surface area contributed by atoms with Crippen LogP contribution in [0.2, 0.25) is 0 Å². The predicted molar refractivity (Wildman–Crippen MR) is 155 cm³/mol. The van der Waals surface area contributed by atoms with Gasteiger partial charge in [-0.3, -0.25) is 9.59 Å². The van der Waals surface area contributed by atoms with Crippen LogP contribution in [0.15, 0.2) is 41.5 Å². The summed E-state index contributed by atoms with van der Waals surface area (Å²) in [5.74, 6) is -5.01. The summed E-state index contributed by atoms with van der Waals surface area (Å²) in [7, 11) is 0. The monoisotopic (exact) mass is 654 g/mol. The van der Waals surface area contributed by atoms with Gasteiger partial charge < -0.3 is 34.3 Å². The first-order valence-corrected chi connectivity index (χ1v) is 15.2. The van der Waals surface area contributed by atoms with E-state index in [4.69, 9.17) is 42.1 Å². The van der Waals surface area contributed by atoms with E-state index in [2.05, 4.69) is 0 Å². The summed E-state index contributed by atoms with van der Waals surface area (Å²) in [6.45, 7) is 7.03. The van der Waals surface area contributed by atoms with E-state index >= 15 is 0 Å². The molecule has 0 aromatic heterocycles. The van der Waals surface area contributed by atoms with Crippen LogP contribution in [0.1, 0.15) is 57.8 Å². The molecule has 0 amide bonds. The van der Waals surface area contributed by atoms with Gasteiger partial charge in [-0.15, -0.1) is 0 Å². The lowest BCUT2D eigenvalue weighted by Gasteiger charge is -2.67. The van der Waals surface area contributed by atoms with Crippen molar-refractivity contribution in [1.82, 2.24) is 0 Å². The van der Waals surface area contributed by atoms with Crippen molar-refractivity contribution in [3.63, 3.8) is 0 Å². The molecule has 3 fully saturated rings. The summed E-state index contributed by atoms with van der Waals surface area (Å²) in [6.07, 6.45) is -7.83. The van der Waals surface area contributed by atoms with Crippen molar-refractivity contribution >= 4 is 46.9 Å². The first-order chi connectivity index (χ1) is 20.4. The summed E-state index contributed by atoms with van der Waals surface area (Å²) in [5, 5.41) is 35.9. The molecule has 2 bridgehead atoms. The fraction of sp³-hybridized carbons (Fsp3) is 0.613. The number of carbonyl (C=O) groups excluding carboxylic acids is 4. The highest BCUT2D eigenvalue weighted by Gasteiger charge is 2.78. The second kappa shape index (κ2) is 11.1. The van der Waals surface area contributed by atoms with Gasteiger partial charge in [-0.2, -0.15) is 0 Å². The van der Waals surface area contributed by atoms with E-state index in [0.29, 0.717) is 0 Å². The molecule has 1 heterocycles. The highest BCUT2D eigenvalue weighted by atomic mass is 35.5. The van der Waals surface area contributed by atoms with Crippen molar-refractivity contribution in [3.8, 4) is 0 Å². The number of hydrogen-bond acceptors (Lipinski definition) is 11. The summed E-state index contributed by atoms with van der Waals surface area (Å²) in [5.41, 5.74) is -6.87. The van der Waals surface area contributed by atoms with Gasteiger partial charge in [-0.05, 0) is 37.1 Å². The molecular formula is C31H36Cl2O11. The standard InChI is InChI=1S/C31H36Cl2O11/c1-14-17(35)12-31(40)24(43-26(38)16-9-7-6-8-10-16)22-29(5,23(37)21(36)20(14)28(31,3)4)18(42-27(39)25(32)33)11-19-30(22,13-41-19)44-15(2)34/h6-10,17-19,21-22,24-25,35-36,40H,11-13H2,1-5H3/t17-,18-,19+,21+,22-,24-,29+,30-,31+/m0/s1. The van der Waals surface area contributed by atoms with Gasteiger partial charge in [0.1, 0.15) is 30.0 Å². The summed E-state index contributed by atoms with van der Waals surface area (Å²) >= 11 is 11.6. The number of ketones is 1. The number of benzene rings is 1. The predicted octanol–water partition coefficient (Wildman–Crippen LogP) is 2.44. The number of carbonyl (C=O) groups is 4. The minimum atomic E-state index is -2.17. The first-order valence-electron chi connectivity index (χ1n) is 14.3. The van der Waals surface area contributed by atoms with Crippen LogP contribution in [-0.4, -0.2) is 92.2 Å². The molecule has 0 unspecified atom stereocenters. The number of halogens is 2. The van der Waals surface area contributed by atoms with E-state index in [1.807, 2.05) is 0 Å². The van der Waals surface area contributed by atoms with Crippen LogP contribution in [0, 0.1) is 16.7 Å².